The van der Waals surface area contributed by atoms with Crippen molar-refractivity contribution in [1.82, 2.24) is 9.97 Å². The molecule has 160 valence electrons. The van der Waals surface area contributed by atoms with Crippen LogP contribution in [0.5, 0.6) is 5.75 Å². The normalized spacial score (nSPS) is 16.1. The second-order valence-corrected chi connectivity index (χ2v) is 7.87. The minimum absolute atomic E-state index is 0.0325. The Morgan fingerprint density at radius 2 is 1.77 bits per heavy atom. The summed E-state index contributed by atoms with van der Waals surface area (Å²) in [5, 5.41) is 3.03. The van der Waals surface area contributed by atoms with Gasteiger partial charge in [0.25, 0.3) is 0 Å². The van der Waals surface area contributed by atoms with E-state index in [2.05, 4.69) is 51.4 Å². The molecule has 0 spiro atoms. The van der Waals surface area contributed by atoms with Crippen LogP contribution in [0.15, 0.2) is 60.9 Å². The summed E-state index contributed by atoms with van der Waals surface area (Å²) in [6, 6.07) is 15.8. The summed E-state index contributed by atoms with van der Waals surface area (Å²) < 4.78 is 5.45. The summed E-state index contributed by atoms with van der Waals surface area (Å²) in [7, 11) is 0. The van der Waals surface area contributed by atoms with Crippen LogP contribution in [0, 0.1) is 12.8 Å². The second kappa shape index (κ2) is 9.60. The number of carbonyl (C=O) groups excluding carboxylic acids is 1. The van der Waals surface area contributed by atoms with Crippen LogP contribution in [0.2, 0.25) is 0 Å². The van der Waals surface area contributed by atoms with Gasteiger partial charge in [0.15, 0.2) is 0 Å². The number of amides is 1. The number of ether oxygens (including phenoxy) is 1. The predicted octanol–water partition coefficient (Wildman–Crippen LogP) is 4.71. The number of anilines is 2. The van der Waals surface area contributed by atoms with E-state index in [1.165, 1.54) is 5.56 Å². The Morgan fingerprint density at radius 3 is 2.45 bits per heavy atom. The van der Waals surface area contributed by atoms with Crippen LogP contribution in [0.4, 0.5) is 11.6 Å². The lowest BCUT2D eigenvalue weighted by Crippen LogP contribution is -2.41. The van der Waals surface area contributed by atoms with E-state index in [0.29, 0.717) is 19.1 Å². The van der Waals surface area contributed by atoms with Gasteiger partial charge in [0.2, 0.25) is 11.9 Å². The molecule has 6 nitrogen and oxygen atoms in total. The number of benzene rings is 2. The fourth-order valence-electron chi connectivity index (χ4n) is 3.80. The van der Waals surface area contributed by atoms with E-state index in [4.69, 9.17) is 4.74 Å². The number of nitrogens with zero attached hydrogens (tertiary/aromatic N) is 3. The second-order valence-electron chi connectivity index (χ2n) is 7.87. The van der Waals surface area contributed by atoms with Crippen molar-refractivity contribution in [2.45, 2.75) is 26.7 Å². The Bertz CT molecular complexity index is 1000. The van der Waals surface area contributed by atoms with Crippen LogP contribution in [-0.2, 0) is 4.79 Å². The number of rotatable bonds is 6. The van der Waals surface area contributed by atoms with Crippen LogP contribution in [-0.4, -0.2) is 35.6 Å². The molecule has 1 unspecified atom stereocenters. The third-order valence-electron chi connectivity index (χ3n) is 5.53. The van der Waals surface area contributed by atoms with Gasteiger partial charge < -0.3 is 15.0 Å². The Hall–Kier alpha value is -3.41. The van der Waals surface area contributed by atoms with Crippen molar-refractivity contribution in [3.63, 3.8) is 0 Å². The van der Waals surface area contributed by atoms with E-state index in [1.54, 1.807) is 0 Å². The van der Waals surface area contributed by atoms with E-state index < -0.39 is 0 Å². The maximum absolute atomic E-state index is 12.8. The van der Waals surface area contributed by atoms with E-state index >= 15 is 0 Å². The van der Waals surface area contributed by atoms with Gasteiger partial charge in [-0.1, -0.05) is 29.8 Å². The summed E-state index contributed by atoms with van der Waals surface area (Å²) in [5.41, 5.74) is 4.10. The lowest BCUT2D eigenvalue weighted by atomic mass is 9.97. The van der Waals surface area contributed by atoms with E-state index in [-0.39, 0.29) is 11.8 Å². The standard InChI is InChI=1S/C25H28N4O2/c1-3-31-23-12-10-22(11-13-23)28-24(30)20-5-4-14-29(17-20)25-26-15-21(16-27-25)19-8-6-18(2)7-9-19/h6-13,15-16,20H,3-5,14,17H2,1-2H3,(H,28,30). The minimum Gasteiger partial charge on any atom is -0.494 e. The first-order chi connectivity index (χ1) is 15.1. The van der Waals surface area contributed by atoms with E-state index in [0.717, 1.165) is 42.0 Å². The molecule has 0 radical (unpaired) electrons. The van der Waals surface area contributed by atoms with Crippen molar-refractivity contribution in [3.05, 3.63) is 66.5 Å². The van der Waals surface area contributed by atoms with Gasteiger partial charge in [-0.05, 0) is 56.5 Å². The van der Waals surface area contributed by atoms with Gasteiger partial charge in [-0.25, -0.2) is 9.97 Å². The average molecular weight is 417 g/mol. The summed E-state index contributed by atoms with van der Waals surface area (Å²) in [6.07, 6.45) is 5.51. The summed E-state index contributed by atoms with van der Waals surface area (Å²) >= 11 is 0. The molecule has 1 saturated heterocycles. The maximum atomic E-state index is 12.8. The lowest BCUT2D eigenvalue weighted by molar-refractivity contribution is -0.120. The molecular weight excluding hydrogens is 388 g/mol. The number of aryl methyl sites for hydroxylation is 1. The highest BCUT2D eigenvalue weighted by atomic mass is 16.5. The van der Waals surface area contributed by atoms with Gasteiger partial charge in [-0.15, -0.1) is 0 Å². The average Bonchev–Trinajstić information content (AvgIpc) is 2.81. The highest BCUT2D eigenvalue weighted by Gasteiger charge is 2.27. The molecule has 1 atom stereocenters. The lowest BCUT2D eigenvalue weighted by Gasteiger charge is -2.32. The first-order valence-corrected chi connectivity index (χ1v) is 10.8. The van der Waals surface area contributed by atoms with Crippen molar-refractivity contribution in [2.75, 3.05) is 29.9 Å². The molecule has 2 aromatic carbocycles. The molecule has 1 aliphatic rings. The molecule has 2 heterocycles. The fourth-order valence-corrected chi connectivity index (χ4v) is 3.80. The molecule has 4 rings (SSSR count). The Kier molecular flexibility index (Phi) is 6.46. The van der Waals surface area contributed by atoms with Gasteiger partial charge in [0.05, 0.1) is 12.5 Å². The molecule has 1 amide bonds. The SMILES string of the molecule is CCOc1ccc(NC(=O)C2CCCN(c3ncc(-c4ccc(C)cc4)cn3)C2)cc1. The van der Waals surface area contributed by atoms with Gasteiger partial charge in [0, 0.05) is 36.7 Å². The molecular formula is C25H28N4O2. The fraction of sp³-hybridized carbons (Fsp3) is 0.320. The Morgan fingerprint density at radius 1 is 1.06 bits per heavy atom. The summed E-state index contributed by atoms with van der Waals surface area (Å²) in [6.45, 7) is 6.12. The van der Waals surface area contributed by atoms with Gasteiger partial charge in [0.1, 0.15) is 5.75 Å². The number of carbonyl (C=O) groups is 1. The zero-order valence-electron chi connectivity index (χ0n) is 18.0. The number of piperidine rings is 1. The van der Waals surface area contributed by atoms with Gasteiger partial charge in [-0.3, -0.25) is 4.79 Å². The van der Waals surface area contributed by atoms with E-state index in [1.807, 2.05) is 43.6 Å². The molecule has 0 saturated carbocycles. The first kappa shape index (κ1) is 20.8. The van der Waals surface area contributed by atoms with Crippen LogP contribution < -0.4 is 15.0 Å². The van der Waals surface area contributed by atoms with Crippen molar-refractivity contribution in [3.8, 4) is 16.9 Å². The van der Waals surface area contributed by atoms with Crippen LogP contribution in [0.1, 0.15) is 25.3 Å². The number of nitrogens with one attached hydrogen (secondary N) is 1. The van der Waals surface area contributed by atoms with E-state index in [9.17, 15) is 4.79 Å². The summed E-state index contributed by atoms with van der Waals surface area (Å²) in [5.74, 6) is 1.41. The highest BCUT2D eigenvalue weighted by Crippen LogP contribution is 2.24. The van der Waals surface area contributed by atoms with Crippen molar-refractivity contribution < 1.29 is 9.53 Å². The molecule has 3 aromatic rings. The first-order valence-electron chi connectivity index (χ1n) is 10.8. The Balaban J connectivity index is 1.38. The molecule has 1 aromatic heterocycles. The molecule has 1 fully saturated rings. The smallest absolute Gasteiger partial charge is 0.229 e. The van der Waals surface area contributed by atoms with Gasteiger partial charge >= 0.3 is 0 Å². The zero-order chi connectivity index (χ0) is 21.6. The number of hydrogen-bond acceptors (Lipinski definition) is 5. The highest BCUT2D eigenvalue weighted by molar-refractivity contribution is 5.93. The quantitative estimate of drug-likeness (QED) is 0.631. The predicted molar refractivity (Wildman–Crippen MR) is 123 cm³/mol. The molecule has 0 bridgehead atoms. The van der Waals surface area contributed by atoms with Crippen LogP contribution in [0.3, 0.4) is 0 Å². The monoisotopic (exact) mass is 416 g/mol. The molecule has 1 aliphatic heterocycles. The van der Waals surface area contributed by atoms with Crippen LogP contribution >= 0.6 is 0 Å². The maximum Gasteiger partial charge on any atom is 0.229 e. The third-order valence-corrected chi connectivity index (χ3v) is 5.53. The zero-order valence-corrected chi connectivity index (χ0v) is 18.0. The van der Waals surface area contributed by atoms with Crippen molar-refractivity contribution in [1.29, 1.82) is 0 Å². The number of aromatic nitrogens is 2. The minimum atomic E-state index is -0.0966. The largest absolute Gasteiger partial charge is 0.494 e. The number of hydrogen-bond donors (Lipinski definition) is 1. The van der Waals surface area contributed by atoms with Crippen LogP contribution in [0.25, 0.3) is 11.1 Å². The Labute approximate surface area is 183 Å². The molecule has 31 heavy (non-hydrogen) atoms. The molecule has 1 N–H and O–H groups in total. The topological polar surface area (TPSA) is 67.3 Å². The molecule has 0 aliphatic carbocycles. The summed E-state index contributed by atoms with van der Waals surface area (Å²) in [4.78, 5) is 24.1. The van der Waals surface area contributed by atoms with Crippen molar-refractivity contribution >= 4 is 17.5 Å². The van der Waals surface area contributed by atoms with Crippen molar-refractivity contribution in [2.24, 2.45) is 5.92 Å². The third kappa shape index (κ3) is 5.20. The van der Waals surface area contributed by atoms with Gasteiger partial charge in [-0.2, -0.15) is 0 Å². The molecule has 6 heteroatoms.